The summed E-state index contributed by atoms with van der Waals surface area (Å²) in [5, 5.41) is 10.7. The van der Waals surface area contributed by atoms with Crippen LogP contribution >= 0.6 is 15.6 Å². The quantitative estimate of drug-likeness (QED) is 0.0222. The molecule has 0 aromatic rings. The van der Waals surface area contributed by atoms with E-state index in [4.69, 9.17) is 37.0 Å². The van der Waals surface area contributed by atoms with Crippen LogP contribution in [0.3, 0.4) is 0 Å². The van der Waals surface area contributed by atoms with Crippen LogP contribution in [0.25, 0.3) is 0 Å². The summed E-state index contributed by atoms with van der Waals surface area (Å²) in [5.74, 6) is 1.06. The van der Waals surface area contributed by atoms with Gasteiger partial charge in [-0.05, 0) is 49.4 Å². The summed E-state index contributed by atoms with van der Waals surface area (Å²) >= 11 is 0. The highest BCUT2D eigenvalue weighted by molar-refractivity contribution is 7.47. The zero-order valence-corrected chi connectivity index (χ0v) is 69.0. The van der Waals surface area contributed by atoms with E-state index in [9.17, 15) is 43.2 Å². The third-order valence-corrected chi connectivity index (χ3v) is 21.9. The van der Waals surface area contributed by atoms with Crippen molar-refractivity contribution in [2.45, 2.75) is 446 Å². The van der Waals surface area contributed by atoms with Crippen LogP contribution in [0.15, 0.2) is 0 Å². The lowest BCUT2D eigenvalue weighted by atomic mass is 9.99. The topological polar surface area (TPSA) is 237 Å². The molecule has 4 unspecified atom stereocenters. The van der Waals surface area contributed by atoms with Crippen LogP contribution in [0.1, 0.15) is 428 Å². The highest BCUT2D eigenvalue weighted by Gasteiger charge is 2.30. The van der Waals surface area contributed by atoms with Gasteiger partial charge in [-0.3, -0.25) is 37.3 Å². The average molecular weight is 1490 g/mol. The van der Waals surface area contributed by atoms with Crippen molar-refractivity contribution >= 4 is 39.5 Å². The van der Waals surface area contributed by atoms with E-state index in [-0.39, 0.29) is 25.7 Å². The zero-order chi connectivity index (χ0) is 75.3. The van der Waals surface area contributed by atoms with E-state index in [0.29, 0.717) is 25.7 Å². The molecule has 0 bridgehead atoms. The van der Waals surface area contributed by atoms with Crippen LogP contribution < -0.4 is 0 Å². The predicted molar refractivity (Wildman–Crippen MR) is 418 cm³/mol. The number of ether oxygens (including phenoxy) is 4. The summed E-state index contributed by atoms with van der Waals surface area (Å²) in [5.41, 5.74) is 0. The molecule has 0 aliphatic carbocycles. The van der Waals surface area contributed by atoms with E-state index >= 15 is 0 Å². The lowest BCUT2D eigenvalue weighted by Crippen LogP contribution is -2.30. The summed E-state index contributed by atoms with van der Waals surface area (Å²) < 4.78 is 68.8. The van der Waals surface area contributed by atoms with E-state index in [1.54, 1.807) is 0 Å². The third-order valence-electron chi connectivity index (χ3n) is 20.0. The fraction of sp³-hybridized carbons (Fsp3) is 0.952. The number of aliphatic hydroxyl groups excluding tert-OH is 1. The SMILES string of the molecule is CCC(C)CCCCCCCCCCCCCCCCC(=O)O[C@H](COC(=O)CCCCCCCCC(C)CC)COP(=O)(O)OC[C@H](O)COP(=O)(O)OC[C@@H](COC(=O)CCCCCCCCCCCCCCC(C)C)OC(=O)CCCCCCCCCCCCCCCCCCC(C)C. The maximum atomic E-state index is 13.1. The van der Waals surface area contributed by atoms with Crippen LogP contribution in [0, 0.1) is 23.7 Å². The summed E-state index contributed by atoms with van der Waals surface area (Å²) in [7, 11) is -9.93. The van der Waals surface area contributed by atoms with Crippen molar-refractivity contribution in [1.82, 2.24) is 0 Å². The molecule has 0 radical (unpaired) electrons. The Hall–Kier alpha value is -1.94. The fourth-order valence-electron chi connectivity index (χ4n) is 12.7. The molecule has 17 nitrogen and oxygen atoms in total. The number of phosphoric ester groups is 2. The predicted octanol–water partition coefficient (Wildman–Crippen LogP) is 24.8. The molecule has 0 aliphatic heterocycles. The van der Waals surface area contributed by atoms with Crippen LogP contribution in [0.2, 0.25) is 0 Å². The van der Waals surface area contributed by atoms with E-state index in [0.717, 1.165) is 120 Å². The van der Waals surface area contributed by atoms with Crippen molar-refractivity contribution in [2.75, 3.05) is 39.6 Å². The molecule has 19 heteroatoms. The molecule has 0 heterocycles. The molecule has 0 fully saturated rings. The average Bonchev–Trinajstić information content (AvgIpc) is 0.909. The first-order chi connectivity index (χ1) is 49.2. The molecule has 0 aromatic carbocycles. The molecule has 102 heavy (non-hydrogen) atoms. The molecule has 606 valence electrons. The smallest absolute Gasteiger partial charge is 0.462 e. The molecule has 0 spiro atoms. The highest BCUT2D eigenvalue weighted by Crippen LogP contribution is 2.45. The van der Waals surface area contributed by atoms with Gasteiger partial charge in [-0.2, -0.15) is 0 Å². The summed E-state index contributed by atoms with van der Waals surface area (Å²) in [6, 6.07) is 0. The number of hydrogen-bond donors (Lipinski definition) is 3. The first kappa shape index (κ1) is 100. The van der Waals surface area contributed by atoms with Crippen molar-refractivity contribution in [3.8, 4) is 0 Å². The van der Waals surface area contributed by atoms with Gasteiger partial charge in [-0.1, -0.05) is 376 Å². The number of aliphatic hydroxyl groups is 1. The molecule has 0 amide bonds. The molecule has 3 N–H and O–H groups in total. The van der Waals surface area contributed by atoms with Crippen molar-refractivity contribution < 1.29 is 80.2 Å². The lowest BCUT2D eigenvalue weighted by molar-refractivity contribution is -0.161. The minimum absolute atomic E-state index is 0.106. The number of carbonyl (C=O) groups excluding carboxylic acids is 4. The van der Waals surface area contributed by atoms with Gasteiger partial charge in [0, 0.05) is 25.7 Å². The van der Waals surface area contributed by atoms with Crippen LogP contribution in [-0.4, -0.2) is 96.7 Å². The van der Waals surface area contributed by atoms with Gasteiger partial charge in [0.25, 0.3) is 0 Å². The molecule has 0 rings (SSSR count). The van der Waals surface area contributed by atoms with Gasteiger partial charge in [0.05, 0.1) is 26.4 Å². The maximum absolute atomic E-state index is 13.1. The van der Waals surface area contributed by atoms with Crippen LogP contribution in [-0.2, 0) is 65.4 Å². The van der Waals surface area contributed by atoms with E-state index in [2.05, 4.69) is 55.4 Å². The molecule has 0 saturated heterocycles. The Morgan fingerprint density at radius 2 is 0.471 bits per heavy atom. The second-order valence-electron chi connectivity index (χ2n) is 31.3. The Bertz CT molecular complexity index is 1990. The number of unbranched alkanes of at least 4 members (excludes halogenated alkanes) is 44. The molecular weight excluding hydrogens is 1330 g/mol. The van der Waals surface area contributed by atoms with Crippen LogP contribution in [0.4, 0.5) is 0 Å². The normalized spacial score (nSPS) is 14.5. The highest BCUT2D eigenvalue weighted by atomic mass is 31.2. The van der Waals surface area contributed by atoms with E-state index in [1.165, 1.54) is 225 Å². The molecule has 0 aliphatic rings. The Labute approximate surface area is 626 Å². The Morgan fingerprint density at radius 1 is 0.275 bits per heavy atom. The fourth-order valence-corrected chi connectivity index (χ4v) is 14.3. The number of rotatable bonds is 80. The van der Waals surface area contributed by atoms with Crippen molar-refractivity contribution in [3.63, 3.8) is 0 Å². The summed E-state index contributed by atoms with van der Waals surface area (Å²) in [6.45, 7) is 14.3. The summed E-state index contributed by atoms with van der Waals surface area (Å²) in [6.07, 6.45) is 59.6. The van der Waals surface area contributed by atoms with Gasteiger partial charge in [0.1, 0.15) is 19.3 Å². The number of hydrogen-bond acceptors (Lipinski definition) is 15. The molecular formula is C83H162O17P2. The minimum atomic E-state index is -4.96. The van der Waals surface area contributed by atoms with Crippen molar-refractivity contribution in [1.29, 1.82) is 0 Å². The number of phosphoric acid groups is 2. The second-order valence-corrected chi connectivity index (χ2v) is 34.2. The van der Waals surface area contributed by atoms with Crippen LogP contribution in [0.5, 0.6) is 0 Å². The standard InChI is InChI=1S/C83H162O17P2/c1-9-75(7)61-53-45-37-31-25-18-15-16-20-28-34-40-50-58-66-83(88)100-79(70-94-81(86)64-56-48-42-41-46-54-62-76(8)10-2)72-98-102(91,92)96-68-77(84)67-95-101(89,90)97-71-78(69-93-80(85)63-55-47-38-32-26-22-21-24-30-36-44-52-60-74(5)6)99-82(87)65-57-49-39-33-27-19-14-12-11-13-17-23-29-35-43-51-59-73(3)4/h73-79,84H,9-72H2,1-8H3,(H,89,90)(H,91,92)/t75?,76?,77-,78-,79-/m1/s1. The van der Waals surface area contributed by atoms with Crippen molar-refractivity contribution in [3.05, 3.63) is 0 Å². The second kappa shape index (κ2) is 72.0. The first-order valence-electron chi connectivity index (χ1n) is 42.8. The zero-order valence-electron chi connectivity index (χ0n) is 67.2. The summed E-state index contributed by atoms with van der Waals surface area (Å²) in [4.78, 5) is 73.1. The van der Waals surface area contributed by atoms with Gasteiger partial charge < -0.3 is 33.8 Å². The molecule has 7 atom stereocenters. The maximum Gasteiger partial charge on any atom is 0.472 e. The van der Waals surface area contributed by atoms with Gasteiger partial charge in [-0.25, -0.2) is 9.13 Å². The minimum Gasteiger partial charge on any atom is -0.462 e. The Kier molecular flexibility index (Phi) is 70.6. The Balaban J connectivity index is 5.24. The first-order valence-corrected chi connectivity index (χ1v) is 45.8. The lowest BCUT2D eigenvalue weighted by Gasteiger charge is -2.21. The van der Waals surface area contributed by atoms with E-state index < -0.39 is 97.5 Å². The Morgan fingerprint density at radius 3 is 0.696 bits per heavy atom. The monoisotopic (exact) mass is 1490 g/mol. The number of esters is 4. The van der Waals surface area contributed by atoms with Gasteiger partial charge in [-0.15, -0.1) is 0 Å². The largest absolute Gasteiger partial charge is 0.472 e. The third kappa shape index (κ3) is 73.6. The van der Waals surface area contributed by atoms with Gasteiger partial charge in [0.15, 0.2) is 12.2 Å². The number of carbonyl (C=O) groups is 4. The molecule has 0 saturated carbocycles. The van der Waals surface area contributed by atoms with Gasteiger partial charge in [0.2, 0.25) is 0 Å². The van der Waals surface area contributed by atoms with E-state index in [1.807, 2.05) is 0 Å². The van der Waals surface area contributed by atoms with Gasteiger partial charge >= 0.3 is 39.5 Å². The van der Waals surface area contributed by atoms with Crippen molar-refractivity contribution in [2.24, 2.45) is 23.7 Å². The molecule has 0 aromatic heterocycles.